The SMILES string of the molecule is CCOC(=O)COc1ccc(C(=O)c2ccccc2C(F)(F)F)cc1Cl. The van der Waals surface area contributed by atoms with Crippen LogP contribution in [0, 0.1) is 0 Å². The second-order valence-corrected chi connectivity index (χ2v) is 5.52. The van der Waals surface area contributed by atoms with Gasteiger partial charge in [-0.3, -0.25) is 4.79 Å². The minimum Gasteiger partial charge on any atom is -0.480 e. The van der Waals surface area contributed by atoms with E-state index in [0.29, 0.717) is 0 Å². The van der Waals surface area contributed by atoms with Crippen LogP contribution in [0.15, 0.2) is 42.5 Å². The first-order chi connectivity index (χ1) is 12.2. The fourth-order valence-corrected chi connectivity index (χ4v) is 2.42. The summed E-state index contributed by atoms with van der Waals surface area (Å²) < 4.78 is 49.1. The lowest BCUT2D eigenvalue weighted by molar-refractivity contribution is -0.145. The zero-order chi connectivity index (χ0) is 19.3. The Morgan fingerprint density at radius 2 is 1.81 bits per heavy atom. The number of esters is 1. The van der Waals surface area contributed by atoms with E-state index in [0.717, 1.165) is 12.1 Å². The largest absolute Gasteiger partial charge is 0.480 e. The fourth-order valence-electron chi connectivity index (χ4n) is 2.18. The predicted molar refractivity (Wildman–Crippen MR) is 88.5 cm³/mol. The highest BCUT2D eigenvalue weighted by Crippen LogP contribution is 2.33. The van der Waals surface area contributed by atoms with Crippen LogP contribution in [0.25, 0.3) is 0 Å². The second-order valence-electron chi connectivity index (χ2n) is 5.11. The predicted octanol–water partition coefficient (Wildman–Crippen LogP) is 4.53. The van der Waals surface area contributed by atoms with E-state index >= 15 is 0 Å². The Bertz CT molecular complexity index is 818. The Labute approximate surface area is 152 Å². The highest BCUT2D eigenvalue weighted by molar-refractivity contribution is 6.32. The average Bonchev–Trinajstić information content (AvgIpc) is 2.59. The molecule has 0 amide bonds. The maximum Gasteiger partial charge on any atom is 0.417 e. The zero-order valence-electron chi connectivity index (χ0n) is 13.6. The minimum atomic E-state index is -4.65. The number of benzene rings is 2. The van der Waals surface area contributed by atoms with E-state index in [1.54, 1.807) is 6.92 Å². The van der Waals surface area contributed by atoms with Gasteiger partial charge in [0, 0.05) is 11.1 Å². The molecule has 0 atom stereocenters. The van der Waals surface area contributed by atoms with Crippen LogP contribution < -0.4 is 4.74 Å². The molecule has 0 bridgehead atoms. The maximum atomic E-state index is 13.1. The number of alkyl halides is 3. The number of carbonyl (C=O) groups excluding carboxylic acids is 2. The van der Waals surface area contributed by atoms with Crippen molar-refractivity contribution in [1.29, 1.82) is 0 Å². The Balaban J connectivity index is 2.24. The summed E-state index contributed by atoms with van der Waals surface area (Å²) in [4.78, 5) is 23.7. The molecule has 0 saturated carbocycles. The summed E-state index contributed by atoms with van der Waals surface area (Å²) in [7, 11) is 0. The van der Waals surface area contributed by atoms with E-state index in [1.165, 1.54) is 30.3 Å². The van der Waals surface area contributed by atoms with E-state index in [9.17, 15) is 22.8 Å². The molecule has 2 aromatic carbocycles. The molecule has 8 heteroatoms. The summed E-state index contributed by atoms with van der Waals surface area (Å²) in [6.07, 6.45) is -4.65. The Kier molecular flexibility index (Phi) is 6.26. The number of hydrogen-bond donors (Lipinski definition) is 0. The van der Waals surface area contributed by atoms with E-state index in [4.69, 9.17) is 21.1 Å². The van der Waals surface area contributed by atoms with E-state index in [1.807, 2.05) is 0 Å². The van der Waals surface area contributed by atoms with Gasteiger partial charge in [0.15, 0.2) is 12.4 Å². The van der Waals surface area contributed by atoms with Gasteiger partial charge < -0.3 is 9.47 Å². The first kappa shape index (κ1) is 19.8. The van der Waals surface area contributed by atoms with Crippen molar-refractivity contribution in [3.63, 3.8) is 0 Å². The quantitative estimate of drug-likeness (QED) is 0.540. The molecule has 0 spiro atoms. The van der Waals surface area contributed by atoms with Gasteiger partial charge in [0.05, 0.1) is 17.2 Å². The molecule has 0 fully saturated rings. The summed E-state index contributed by atoms with van der Waals surface area (Å²) in [5.74, 6) is -1.31. The van der Waals surface area contributed by atoms with Crippen molar-refractivity contribution in [3.05, 3.63) is 64.2 Å². The van der Waals surface area contributed by atoms with Gasteiger partial charge in [0.25, 0.3) is 0 Å². The third-order valence-electron chi connectivity index (χ3n) is 3.32. The van der Waals surface area contributed by atoms with Crippen LogP contribution in [0.1, 0.15) is 28.4 Å². The van der Waals surface area contributed by atoms with Gasteiger partial charge in [-0.2, -0.15) is 13.2 Å². The lowest BCUT2D eigenvalue weighted by atomic mass is 9.98. The van der Waals surface area contributed by atoms with Crippen molar-refractivity contribution in [2.24, 2.45) is 0 Å². The summed E-state index contributed by atoms with van der Waals surface area (Å²) >= 11 is 6.00. The maximum absolute atomic E-state index is 13.1. The molecular weight excluding hydrogens is 373 g/mol. The summed E-state index contributed by atoms with van der Waals surface area (Å²) in [5, 5.41) is -0.00959. The first-order valence-electron chi connectivity index (χ1n) is 7.53. The van der Waals surface area contributed by atoms with Crippen molar-refractivity contribution >= 4 is 23.4 Å². The molecule has 138 valence electrons. The average molecular weight is 387 g/mol. The molecule has 0 radical (unpaired) electrons. The standard InChI is InChI=1S/C18H14ClF3O4/c1-2-25-16(23)10-26-15-8-7-11(9-14(15)19)17(24)12-5-3-4-6-13(12)18(20,21)22/h3-9H,2,10H2,1H3. The lowest BCUT2D eigenvalue weighted by Crippen LogP contribution is -2.15. The van der Waals surface area contributed by atoms with Crippen LogP contribution in [0.4, 0.5) is 13.2 Å². The van der Waals surface area contributed by atoms with E-state index in [2.05, 4.69) is 0 Å². The number of halogens is 4. The number of ether oxygens (including phenoxy) is 2. The van der Waals surface area contributed by atoms with Crippen LogP contribution in [-0.2, 0) is 15.7 Å². The number of rotatable bonds is 6. The van der Waals surface area contributed by atoms with Gasteiger partial charge in [0.2, 0.25) is 0 Å². The van der Waals surface area contributed by atoms with Crippen LogP contribution in [0.5, 0.6) is 5.75 Å². The van der Waals surface area contributed by atoms with Crippen molar-refractivity contribution in [3.8, 4) is 5.75 Å². The van der Waals surface area contributed by atoms with Crippen LogP contribution in [0.2, 0.25) is 5.02 Å². The van der Waals surface area contributed by atoms with Gasteiger partial charge >= 0.3 is 12.1 Å². The zero-order valence-corrected chi connectivity index (χ0v) is 14.4. The topological polar surface area (TPSA) is 52.6 Å². The van der Waals surface area contributed by atoms with Gasteiger partial charge in [-0.25, -0.2) is 4.79 Å². The Morgan fingerprint density at radius 1 is 1.12 bits per heavy atom. The molecule has 0 N–H and O–H groups in total. The highest BCUT2D eigenvalue weighted by Gasteiger charge is 2.35. The molecule has 0 aliphatic heterocycles. The molecule has 0 aromatic heterocycles. The monoisotopic (exact) mass is 386 g/mol. The molecule has 26 heavy (non-hydrogen) atoms. The van der Waals surface area contributed by atoms with Gasteiger partial charge in [-0.05, 0) is 31.2 Å². The summed E-state index contributed by atoms with van der Waals surface area (Å²) in [6.45, 7) is 1.46. The smallest absolute Gasteiger partial charge is 0.417 e. The molecule has 0 heterocycles. The number of carbonyl (C=O) groups is 2. The van der Waals surface area contributed by atoms with Crippen molar-refractivity contribution in [1.82, 2.24) is 0 Å². The first-order valence-corrected chi connectivity index (χ1v) is 7.90. The molecule has 2 aromatic rings. The second kappa shape index (κ2) is 8.23. The third-order valence-corrected chi connectivity index (χ3v) is 3.62. The highest BCUT2D eigenvalue weighted by atomic mass is 35.5. The minimum absolute atomic E-state index is 0.00959. The molecule has 4 nitrogen and oxygen atoms in total. The number of hydrogen-bond acceptors (Lipinski definition) is 4. The van der Waals surface area contributed by atoms with Crippen molar-refractivity contribution in [2.75, 3.05) is 13.2 Å². The van der Waals surface area contributed by atoms with Gasteiger partial charge in [-0.15, -0.1) is 0 Å². The summed E-state index contributed by atoms with van der Waals surface area (Å²) in [6, 6.07) is 8.28. The van der Waals surface area contributed by atoms with Crippen LogP contribution in [0.3, 0.4) is 0 Å². The van der Waals surface area contributed by atoms with Crippen LogP contribution in [-0.4, -0.2) is 25.0 Å². The van der Waals surface area contributed by atoms with E-state index in [-0.39, 0.29) is 29.5 Å². The third kappa shape index (κ3) is 4.76. The van der Waals surface area contributed by atoms with Crippen molar-refractivity contribution < 1.29 is 32.2 Å². The molecular formula is C18H14ClF3O4. The molecule has 0 aliphatic carbocycles. The molecule has 0 saturated heterocycles. The van der Waals surface area contributed by atoms with E-state index < -0.39 is 29.1 Å². The summed E-state index contributed by atoms with van der Waals surface area (Å²) in [5.41, 5.74) is -1.53. The Morgan fingerprint density at radius 3 is 2.42 bits per heavy atom. The van der Waals surface area contributed by atoms with Crippen LogP contribution >= 0.6 is 11.6 Å². The Hall–Kier alpha value is -2.54. The normalized spacial score (nSPS) is 11.1. The van der Waals surface area contributed by atoms with Gasteiger partial charge in [-0.1, -0.05) is 29.8 Å². The number of ketones is 1. The lowest BCUT2D eigenvalue weighted by Gasteiger charge is -2.13. The van der Waals surface area contributed by atoms with Crippen molar-refractivity contribution in [2.45, 2.75) is 13.1 Å². The molecule has 0 aliphatic rings. The molecule has 0 unspecified atom stereocenters. The fraction of sp³-hybridized carbons (Fsp3) is 0.222. The van der Waals surface area contributed by atoms with Gasteiger partial charge in [0.1, 0.15) is 5.75 Å². The molecule has 2 rings (SSSR count).